The molecule has 6 N–H and O–H groups in total. The highest BCUT2D eigenvalue weighted by Gasteiger charge is 2.18. The van der Waals surface area contributed by atoms with Crippen LogP contribution in [-0.4, -0.2) is 46.5 Å². The number of benzene rings is 1. The number of carbonyl (C=O) groups excluding carboxylic acids is 1. The molecule has 1 aliphatic carbocycles. The van der Waals surface area contributed by atoms with E-state index in [1.165, 1.54) is 12.8 Å². The number of nitrogens with one attached hydrogen (secondary N) is 4. The van der Waals surface area contributed by atoms with Crippen molar-refractivity contribution in [3.63, 3.8) is 0 Å². The molecule has 1 aromatic heterocycles. The molecule has 31 heavy (non-hydrogen) atoms. The van der Waals surface area contributed by atoms with Crippen molar-refractivity contribution in [2.75, 3.05) is 35.6 Å². The van der Waals surface area contributed by atoms with E-state index in [2.05, 4.69) is 36.2 Å². The van der Waals surface area contributed by atoms with Gasteiger partial charge >= 0.3 is 0 Å². The largest absolute Gasteiger partial charge is 0.366 e. The summed E-state index contributed by atoms with van der Waals surface area (Å²) in [4.78, 5) is 25.4. The van der Waals surface area contributed by atoms with Crippen LogP contribution in [0.1, 0.15) is 54.4 Å². The lowest BCUT2D eigenvalue weighted by Crippen LogP contribution is -2.31. The van der Waals surface area contributed by atoms with Gasteiger partial charge in [-0.05, 0) is 69.3 Å². The Morgan fingerprint density at radius 3 is 2.52 bits per heavy atom. The van der Waals surface area contributed by atoms with E-state index in [0.717, 1.165) is 56.6 Å². The van der Waals surface area contributed by atoms with E-state index in [1.54, 1.807) is 12.1 Å². The van der Waals surface area contributed by atoms with Crippen molar-refractivity contribution >= 4 is 29.4 Å². The Hall–Kier alpha value is -2.94. The number of nitrogens with zero attached hydrogens (tertiary/aromatic N) is 3. The molecule has 0 atom stereocenters. The minimum Gasteiger partial charge on any atom is -0.366 e. The Bertz CT molecular complexity index is 906. The van der Waals surface area contributed by atoms with Gasteiger partial charge < -0.3 is 27.0 Å². The molecule has 1 amide bonds. The number of amides is 1. The van der Waals surface area contributed by atoms with Crippen LogP contribution in [0.15, 0.2) is 18.2 Å². The molecular formula is C22H32N8O. The number of aryl methyl sites for hydroxylation is 1. The van der Waals surface area contributed by atoms with Crippen molar-refractivity contribution in [3.8, 4) is 0 Å². The van der Waals surface area contributed by atoms with Gasteiger partial charge in [-0.2, -0.15) is 15.0 Å². The zero-order valence-corrected chi connectivity index (χ0v) is 18.1. The number of anilines is 4. The number of nitrogens with two attached hydrogens (primary N) is 1. The van der Waals surface area contributed by atoms with E-state index < -0.39 is 5.91 Å². The van der Waals surface area contributed by atoms with E-state index in [9.17, 15) is 4.79 Å². The topological polar surface area (TPSA) is 130 Å². The lowest BCUT2D eigenvalue weighted by atomic mass is 9.98. The molecule has 166 valence electrons. The Morgan fingerprint density at radius 2 is 1.77 bits per heavy atom. The summed E-state index contributed by atoms with van der Waals surface area (Å²) in [6, 6.07) is 5.70. The first-order valence-electron chi connectivity index (χ1n) is 11.2. The molecule has 0 unspecified atom stereocenters. The second-order valence-corrected chi connectivity index (χ2v) is 8.53. The molecule has 0 radical (unpaired) electrons. The van der Waals surface area contributed by atoms with Crippen LogP contribution in [0, 0.1) is 12.8 Å². The number of aromatic nitrogens is 3. The summed E-state index contributed by atoms with van der Waals surface area (Å²) in [5.74, 6) is 1.70. The maximum atomic E-state index is 11.6. The van der Waals surface area contributed by atoms with Crippen LogP contribution in [0.3, 0.4) is 0 Å². The number of rotatable bonds is 8. The second-order valence-electron chi connectivity index (χ2n) is 8.53. The maximum Gasteiger partial charge on any atom is 0.248 e. The highest BCUT2D eigenvalue weighted by molar-refractivity contribution is 5.94. The summed E-state index contributed by atoms with van der Waals surface area (Å²) in [5, 5.41) is 13.5. The van der Waals surface area contributed by atoms with E-state index in [-0.39, 0.29) is 0 Å². The number of hydrogen-bond donors (Lipinski definition) is 5. The molecule has 2 aliphatic rings. The number of carbonyl (C=O) groups is 1. The first-order valence-corrected chi connectivity index (χ1v) is 11.2. The van der Waals surface area contributed by atoms with Gasteiger partial charge in [-0.3, -0.25) is 4.79 Å². The highest BCUT2D eigenvalue weighted by Crippen LogP contribution is 2.24. The molecule has 1 saturated heterocycles. The van der Waals surface area contributed by atoms with Crippen LogP contribution in [0.4, 0.5) is 23.5 Å². The van der Waals surface area contributed by atoms with E-state index in [4.69, 9.17) is 5.73 Å². The third kappa shape index (κ3) is 5.81. The molecule has 4 rings (SSSR count). The summed E-state index contributed by atoms with van der Waals surface area (Å²) in [7, 11) is 0. The number of piperidine rings is 1. The zero-order valence-electron chi connectivity index (χ0n) is 18.1. The quantitative estimate of drug-likeness (QED) is 0.437. The first kappa shape index (κ1) is 21.3. The fourth-order valence-electron chi connectivity index (χ4n) is 4.18. The van der Waals surface area contributed by atoms with Crippen molar-refractivity contribution in [1.29, 1.82) is 0 Å². The van der Waals surface area contributed by atoms with Gasteiger partial charge in [0.25, 0.3) is 0 Å². The van der Waals surface area contributed by atoms with Crippen LogP contribution in [-0.2, 0) is 0 Å². The smallest absolute Gasteiger partial charge is 0.248 e. The molecule has 2 aromatic rings. The van der Waals surface area contributed by atoms with Gasteiger partial charge in [0.1, 0.15) is 0 Å². The van der Waals surface area contributed by atoms with Gasteiger partial charge in [-0.15, -0.1) is 0 Å². The molecule has 9 heteroatoms. The lowest BCUT2D eigenvalue weighted by Gasteiger charge is -2.23. The Labute approximate surface area is 183 Å². The highest BCUT2D eigenvalue weighted by atomic mass is 16.1. The van der Waals surface area contributed by atoms with E-state index in [1.807, 2.05) is 13.0 Å². The predicted octanol–water partition coefficient (Wildman–Crippen LogP) is 2.79. The number of hydrogen-bond acceptors (Lipinski definition) is 8. The minimum absolute atomic E-state index is 0.396. The molecule has 1 aliphatic heterocycles. The number of primary amides is 1. The summed E-state index contributed by atoms with van der Waals surface area (Å²) in [6.45, 7) is 4.91. The van der Waals surface area contributed by atoms with Gasteiger partial charge in [0.2, 0.25) is 23.8 Å². The average molecular weight is 425 g/mol. The Kier molecular flexibility index (Phi) is 6.81. The van der Waals surface area contributed by atoms with Crippen LogP contribution >= 0.6 is 0 Å². The molecule has 0 spiro atoms. The van der Waals surface area contributed by atoms with Gasteiger partial charge in [-0.25, -0.2) is 0 Å². The van der Waals surface area contributed by atoms with Crippen molar-refractivity contribution in [3.05, 3.63) is 29.3 Å². The molecular weight excluding hydrogens is 392 g/mol. The maximum absolute atomic E-state index is 11.6. The molecule has 2 fully saturated rings. The summed E-state index contributed by atoms with van der Waals surface area (Å²) in [5.41, 5.74) is 7.61. The fourth-order valence-corrected chi connectivity index (χ4v) is 4.18. The van der Waals surface area contributed by atoms with Crippen molar-refractivity contribution in [2.24, 2.45) is 11.7 Å². The summed E-state index contributed by atoms with van der Waals surface area (Å²) in [6.07, 6.45) is 7.02. The lowest BCUT2D eigenvalue weighted by molar-refractivity contribution is 0.100. The first-order chi connectivity index (χ1) is 15.1. The normalized spacial score (nSPS) is 17.5. The summed E-state index contributed by atoms with van der Waals surface area (Å²) < 4.78 is 0. The average Bonchev–Trinajstić information content (AvgIpc) is 3.27. The van der Waals surface area contributed by atoms with Gasteiger partial charge in [-0.1, -0.05) is 18.9 Å². The predicted molar refractivity (Wildman–Crippen MR) is 123 cm³/mol. The standard InChI is InChI=1S/C22H32N8O/c1-14-6-7-16(19(23)31)12-18(14)27-22-29-20(25-13-15-8-10-24-11-9-15)28-21(30-22)26-17-4-2-3-5-17/h6-7,12,15,17,24H,2-5,8-11,13H2,1H3,(H2,23,31)(H3,25,26,27,28,29,30). The molecule has 2 heterocycles. The Morgan fingerprint density at radius 1 is 1.06 bits per heavy atom. The molecule has 0 bridgehead atoms. The summed E-state index contributed by atoms with van der Waals surface area (Å²) >= 11 is 0. The van der Waals surface area contributed by atoms with Crippen LogP contribution in [0.5, 0.6) is 0 Å². The van der Waals surface area contributed by atoms with Crippen molar-refractivity contribution in [2.45, 2.75) is 51.5 Å². The Balaban J connectivity index is 1.54. The fraction of sp³-hybridized carbons (Fsp3) is 0.545. The molecule has 1 aromatic carbocycles. The molecule has 9 nitrogen and oxygen atoms in total. The zero-order chi connectivity index (χ0) is 21.6. The third-order valence-corrected chi connectivity index (χ3v) is 6.10. The monoisotopic (exact) mass is 424 g/mol. The van der Waals surface area contributed by atoms with E-state index >= 15 is 0 Å². The van der Waals surface area contributed by atoms with Gasteiger partial charge in [0.15, 0.2) is 0 Å². The minimum atomic E-state index is -0.466. The molecule has 1 saturated carbocycles. The van der Waals surface area contributed by atoms with Gasteiger partial charge in [0.05, 0.1) is 0 Å². The van der Waals surface area contributed by atoms with Crippen molar-refractivity contribution in [1.82, 2.24) is 20.3 Å². The van der Waals surface area contributed by atoms with E-state index in [0.29, 0.717) is 35.4 Å². The SMILES string of the molecule is Cc1ccc(C(N)=O)cc1Nc1nc(NCC2CCNCC2)nc(NC2CCCC2)n1. The third-order valence-electron chi connectivity index (χ3n) is 6.10. The van der Waals surface area contributed by atoms with Crippen molar-refractivity contribution < 1.29 is 4.79 Å². The van der Waals surface area contributed by atoms with Gasteiger partial charge in [0, 0.05) is 23.8 Å². The van der Waals surface area contributed by atoms with Crippen LogP contribution < -0.4 is 27.0 Å². The second kappa shape index (κ2) is 9.91. The van der Waals surface area contributed by atoms with Crippen LogP contribution in [0.2, 0.25) is 0 Å². The van der Waals surface area contributed by atoms with Crippen LogP contribution in [0.25, 0.3) is 0 Å².